The van der Waals surface area contributed by atoms with Crippen molar-refractivity contribution in [1.29, 1.82) is 0 Å². The summed E-state index contributed by atoms with van der Waals surface area (Å²) in [6.07, 6.45) is -0.129. The number of amides is 2. The number of aryl methyl sites for hydroxylation is 1. The Bertz CT molecular complexity index is 1260. The molecule has 0 aliphatic carbocycles. The number of hydrogen-bond donors (Lipinski definition) is 0. The van der Waals surface area contributed by atoms with Crippen LogP contribution in [0.15, 0.2) is 48.5 Å². The van der Waals surface area contributed by atoms with Crippen molar-refractivity contribution < 1.29 is 27.9 Å². The third-order valence-electron chi connectivity index (χ3n) is 5.60. The van der Waals surface area contributed by atoms with E-state index in [-0.39, 0.29) is 37.7 Å². The van der Waals surface area contributed by atoms with Crippen LogP contribution in [0.5, 0.6) is 0 Å². The highest BCUT2D eigenvalue weighted by Gasteiger charge is 2.39. The lowest BCUT2D eigenvalue weighted by molar-refractivity contribution is -0.124. The van der Waals surface area contributed by atoms with Gasteiger partial charge in [0.15, 0.2) is 5.13 Å². The van der Waals surface area contributed by atoms with Crippen molar-refractivity contribution in [2.75, 3.05) is 23.0 Å². The quantitative estimate of drug-likeness (QED) is 0.448. The van der Waals surface area contributed by atoms with E-state index < -0.39 is 29.4 Å². The summed E-state index contributed by atoms with van der Waals surface area (Å²) in [6, 6.07) is 12.2. The number of benzene rings is 2. The zero-order valence-corrected chi connectivity index (χ0v) is 20.0. The van der Waals surface area contributed by atoms with Crippen LogP contribution in [-0.2, 0) is 20.9 Å². The van der Waals surface area contributed by atoms with Gasteiger partial charge in [-0.15, -0.1) is 0 Å². The highest BCUT2D eigenvalue weighted by molar-refractivity contribution is 7.17. The van der Waals surface area contributed by atoms with Crippen LogP contribution < -0.4 is 9.80 Å². The summed E-state index contributed by atoms with van der Waals surface area (Å²) >= 11 is 1.04. The van der Waals surface area contributed by atoms with Gasteiger partial charge in [0.2, 0.25) is 11.8 Å². The number of nitrogens with zero attached hydrogens (tertiary/aromatic N) is 3. The van der Waals surface area contributed by atoms with E-state index in [2.05, 4.69) is 4.98 Å². The smallest absolute Gasteiger partial charge is 0.350 e. The van der Waals surface area contributed by atoms with Crippen molar-refractivity contribution in [3.05, 3.63) is 76.3 Å². The summed E-state index contributed by atoms with van der Waals surface area (Å²) in [4.78, 5) is 46.0. The van der Waals surface area contributed by atoms with Gasteiger partial charge in [-0.05, 0) is 31.5 Å². The minimum absolute atomic E-state index is 0.0550. The predicted octanol–water partition coefficient (Wildman–Crippen LogP) is 4.49. The number of aromatic nitrogens is 1. The van der Waals surface area contributed by atoms with Crippen molar-refractivity contribution in [2.45, 2.75) is 26.8 Å². The molecule has 4 rings (SSSR count). The van der Waals surface area contributed by atoms with Gasteiger partial charge in [-0.25, -0.2) is 18.6 Å². The molecule has 1 aromatic heterocycles. The van der Waals surface area contributed by atoms with Crippen LogP contribution >= 0.6 is 11.3 Å². The molecule has 1 unspecified atom stereocenters. The van der Waals surface area contributed by atoms with Crippen molar-refractivity contribution in [2.24, 2.45) is 5.92 Å². The Morgan fingerprint density at radius 2 is 1.94 bits per heavy atom. The van der Waals surface area contributed by atoms with Crippen LogP contribution in [0.2, 0.25) is 0 Å². The first-order chi connectivity index (χ1) is 16.8. The second kappa shape index (κ2) is 10.3. The fourth-order valence-electron chi connectivity index (χ4n) is 3.92. The average Bonchev–Trinajstić information content (AvgIpc) is 3.40. The molecule has 1 fully saturated rings. The molecule has 0 radical (unpaired) electrons. The van der Waals surface area contributed by atoms with Gasteiger partial charge in [-0.2, -0.15) is 0 Å². The molecule has 2 aromatic carbocycles. The summed E-state index contributed by atoms with van der Waals surface area (Å²) in [5.41, 5.74) is 1.19. The van der Waals surface area contributed by atoms with Crippen LogP contribution in [-0.4, -0.2) is 35.9 Å². The molecule has 0 saturated carbocycles. The Morgan fingerprint density at radius 3 is 2.63 bits per heavy atom. The first-order valence-corrected chi connectivity index (χ1v) is 11.9. The highest BCUT2D eigenvalue weighted by atomic mass is 32.1. The Morgan fingerprint density at radius 1 is 1.20 bits per heavy atom. The van der Waals surface area contributed by atoms with E-state index in [9.17, 15) is 23.2 Å². The van der Waals surface area contributed by atoms with Crippen molar-refractivity contribution in [3.8, 4) is 0 Å². The lowest BCUT2D eigenvalue weighted by atomic mass is 10.1. The van der Waals surface area contributed by atoms with Crippen LogP contribution in [0.25, 0.3) is 0 Å². The number of hydrogen-bond acceptors (Lipinski definition) is 6. The van der Waals surface area contributed by atoms with Gasteiger partial charge in [-0.3, -0.25) is 14.5 Å². The van der Waals surface area contributed by atoms with Gasteiger partial charge >= 0.3 is 5.97 Å². The summed E-state index contributed by atoms with van der Waals surface area (Å²) < 4.78 is 32.7. The number of anilines is 2. The van der Waals surface area contributed by atoms with Gasteiger partial charge in [0.05, 0.1) is 30.5 Å². The molecular weight excluding hydrogens is 476 g/mol. The minimum atomic E-state index is -0.873. The number of ether oxygens (including phenoxy) is 1. The summed E-state index contributed by atoms with van der Waals surface area (Å²) in [5.74, 6) is -3.73. The van der Waals surface area contributed by atoms with E-state index in [4.69, 9.17) is 4.74 Å². The topological polar surface area (TPSA) is 79.8 Å². The van der Waals surface area contributed by atoms with Gasteiger partial charge in [-0.1, -0.05) is 41.7 Å². The van der Waals surface area contributed by atoms with Crippen LogP contribution in [0.3, 0.4) is 0 Å². The number of esters is 1. The standard InChI is InChI=1S/C25H23F2N3O4S/c1-3-34-24(33)22-15(2)28-25(35-22)30(13-16-7-5-4-6-8-16)23(32)17-11-21(31)29(14-17)20-10-9-18(26)12-19(20)27/h4-10,12,17H,3,11,13-14H2,1-2H3. The molecule has 1 aliphatic heterocycles. The van der Waals surface area contributed by atoms with Gasteiger partial charge in [0.25, 0.3) is 0 Å². The largest absolute Gasteiger partial charge is 0.462 e. The van der Waals surface area contributed by atoms with Crippen LogP contribution in [0.1, 0.15) is 34.3 Å². The van der Waals surface area contributed by atoms with E-state index in [0.29, 0.717) is 21.8 Å². The molecule has 35 heavy (non-hydrogen) atoms. The third kappa shape index (κ3) is 5.22. The van der Waals surface area contributed by atoms with Gasteiger partial charge < -0.3 is 9.64 Å². The van der Waals surface area contributed by atoms with E-state index in [1.165, 1.54) is 11.0 Å². The summed E-state index contributed by atoms with van der Waals surface area (Å²) in [6.45, 7) is 3.69. The fraction of sp³-hybridized carbons (Fsp3) is 0.280. The molecule has 1 atom stereocenters. The van der Waals surface area contributed by atoms with Crippen molar-refractivity contribution >= 4 is 39.9 Å². The predicted molar refractivity (Wildman–Crippen MR) is 127 cm³/mol. The SMILES string of the molecule is CCOC(=O)c1sc(N(Cc2ccccc2)C(=O)C2CC(=O)N(c3ccc(F)cc3F)C2)nc1C. The highest BCUT2D eigenvalue weighted by Crippen LogP contribution is 2.33. The molecule has 1 aliphatic rings. The Balaban J connectivity index is 1.64. The monoisotopic (exact) mass is 499 g/mol. The van der Waals surface area contributed by atoms with E-state index in [1.807, 2.05) is 30.3 Å². The zero-order chi connectivity index (χ0) is 25.1. The number of halogens is 2. The second-order valence-corrected chi connectivity index (χ2v) is 9.02. The fourth-order valence-corrected chi connectivity index (χ4v) is 4.88. The molecule has 2 amide bonds. The minimum Gasteiger partial charge on any atom is -0.462 e. The van der Waals surface area contributed by atoms with Crippen molar-refractivity contribution in [1.82, 2.24) is 4.98 Å². The maximum atomic E-state index is 14.3. The first-order valence-electron chi connectivity index (χ1n) is 11.0. The Kier molecular flexibility index (Phi) is 7.20. The number of thiazole rings is 1. The zero-order valence-electron chi connectivity index (χ0n) is 19.2. The number of carbonyl (C=O) groups is 3. The lowest BCUT2D eigenvalue weighted by Crippen LogP contribution is -2.37. The average molecular weight is 500 g/mol. The summed E-state index contributed by atoms with van der Waals surface area (Å²) in [5, 5.41) is 0.304. The van der Waals surface area contributed by atoms with Crippen LogP contribution in [0, 0.1) is 24.5 Å². The molecule has 0 spiro atoms. The molecule has 7 nitrogen and oxygen atoms in total. The molecule has 1 saturated heterocycles. The molecular formula is C25H23F2N3O4S. The Hall–Kier alpha value is -3.66. The van der Waals surface area contributed by atoms with E-state index in [1.54, 1.807) is 13.8 Å². The number of carbonyl (C=O) groups excluding carboxylic acids is 3. The summed E-state index contributed by atoms with van der Waals surface area (Å²) in [7, 11) is 0. The number of rotatable bonds is 7. The maximum Gasteiger partial charge on any atom is 0.350 e. The molecule has 0 bridgehead atoms. The van der Waals surface area contributed by atoms with Crippen molar-refractivity contribution in [3.63, 3.8) is 0 Å². The Labute approximate surface area is 204 Å². The van der Waals surface area contributed by atoms with Gasteiger partial charge in [0.1, 0.15) is 16.5 Å². The van der Waals surface area contributed by atoms with Gasteiger partial charge in [0, 0.05) is 19.0 Å². The molecule has 3 aromatic rings. The third-order valence-corrected chi connectivity index (χ3v) is 6.76. The molecule has 10 heteroatoms. The van der Waals surface area contributed by atoms with E-state index in [0.717, 1.165) is 27.9 Å². The maximum absolute atomic E-state index is 14.3. The molecule has 2 heterocycles. The normalized spacial score (nSPS) is 15.4. The molecule has 0 N–H and O–H groups in total. The van der Waals surface area contributed by atoms with E-state index >= 15 is 0 Å². The second-order valence-electron chi connectivity index (χ2n) is 8.04. The lowest BCUT2D eigenvalue weighted by Gasteiger charge is -2.23. The van der Waals surface area contributed by atoms with Crippen LogP contribution in [0.4, 0.5) is 19.6 Å². The molecule has 182 valence electrons. The first kappa shape index (κ1) is 24.5.